The number of hydroxylamine groups is 1. The molecule has 0 radical (unpaired) electrons. The highest BCUT2D eigenvalue weighted by molar-refractivity contribution is 5.81. The van der Waals surface area contributed by atoms with Crippen LogP contribution in [-0.4, -0.2) is 23.4 Å². The highest BCUT2D eigenvalue weighted by atomic mass is 16.7. The van der Waals surface area contributed by atoms with E-state index >= 15 is 0 Å². The maximum absolute atomic E-state index is 11.0. The Labute approximate surface area is 94.2 Å². The molecule has 1 N–H and O–H groups in total. The van der Waals surface area contributed by atoms with Gasteiger partial charge in [-0.1, -0.05) is 0 Å². The van der Waals surface area contributed by atoms with E-state index in [-0.39, 0.29) is 18.6 Å². The molecular formula is C10H17NO5. The quantitative estimate of drug-likeness (QED) is 0.741. The molecule has 0 aromatic carbocycles. The number of ketones is 1. The van der Waals surface area contributed by atoms with Crippen LogP contribution in [0.15, 0.2) is 0 Å². The number of hydrogen-bond donors (Lipinski definition) is 1. The number of rotatable bonds is 3. The van der Waals surface area contributed by atoms with Gasteiger partial charge in [0.1, 0.15) is 11.4 Å². The number of amides is 1. The second-order valence-corrected chi connectivity index (χ2v) is 4.28. The molecule has 0 aromatic rings. The molecule has 0 spiro atoms. The Balaban J connectivity index is 3.76. The van der Waals surface area contributed by atoms with Gasteiger partial charge in [0.15, 0.2) is 0 Å². The monoisotopic (exact) mass is 231 g/mol. The smallest absolute Gasteiger partial charge is 0.441 e. The highest BCUT2D eigenvalue weighted by Gasteiger charge is 2.17. The van der Waals surface area contributed by atoms with Crippen molar-refractivity contribution >= 4 is 17.8 Å². The van der Waals surface area contributed by atoms with Crippen LogP contribution in [0.1, 0.15) is 40.5 Å². The lowest BCUT2D eigenvalue weighted by molar-refractivity contribution is -0.151. The van der Waals surface area contributed by atoms with Crippen LogP contribution >= 0.6 is 0 Å². The lowest BCUT2D eigenvalue weighted by Gasteiger charge is -2.19. The van der Waals surface area contributed by atoms with Crippen molar-refractivity contribution in [1.29, 1.82) is 0 Å². The Morgan fingerprint density at radius 3 is 2.12 bits per heavy atom. The number of Topliss-reactive ketones (excluding diaryl/α,β-unsaturated/α-hetero) is 1. The molecule has 16 heavy (non-hydrogen) atoms. The van der Waals surface area contributed by atoms with Gasteiger partial charge in [-0.15, -0.1) is 5.48 Å². The largest absolute Gasteiger partial charge is 0.442 e. The molecule has 0 aromatic heterocycles. The van der Waals surface area contributed by atoms with Crippen LogP contribution in [0, 0.1) is 0 Å². The van der Waals surface area contributed by atoms with E-state index in [4.69, 9.17) is 4.74 Å². The number of hydrogen-bond acceptors (Lipinski definition) is 5. The van der Waals surface area contributed by atoms with Gasteiger partial charge in [-0.3, -0.25) is 0 Å². The predicted octanol–water partition coefficient (Wildman–Crippen LogP) is 1.34. The van der Waals surface area contributed by atoms with E-state index in [0.29, 0.717) is 0 Å². The highest BCUT2D eigenvalue weighted by Crippen LogP contribution is 2.06. The van der Waals surface area contributed by atoms with Crippen LogP contribution in [0.3, 0.4) is 0 Å². The van der Waals surface area contributed by atoms with Crippen LogP contribution in [0.4, 0.5) is 4.79 Å². The van der Waals surface area contributed by atoms with Crippen LogP contribution in [0.2, 0.25) is 0 Å². The van der Waals surface area contributed by atoms with Gasteiger partial charge in [0, 0.05) is 6.42 Å². The Bertz CT molecular complexity index is 279. The number of ether oxygens (including phenoxy) is 1. The van der Waals surface area contributed by atoms with E-state index in [2.05, 4.69) is 4.84 Å². The Morgan fingerprint density at radius 2 is 1.69 bits per heavy atom. The molecule has 92 valence electrons. The van der Waals surface area contributed by atoms with Crippen molar-refractivity contribution in [2.45, 2.75) is 46.1 Å². The molecule has 6 heteroatoms. The summed E-state index contributed by atoms with van der Waals surface area (Å²) < 4.78 is 4.82. The molecule has 0 rings (SSSR count). The average Bonchev–Trinajstić information content (AvgIpc) is 2.08. The molecule has 0 aliphatic carbocycles. The summed E-state index contributed by atoms with van der Waals surface area (Å²) in [7, 11) is 0. The standard InChI is InChI=1S/C10H17NO5/c1-7(12)5-6-8(13)16-11-9(14)15-10(2,3)4/h5-6H2,1-4H3,(H,11,14). The Hall–Kier alpha value is -1.59. The van der Waals surface area contributed by atoms with Gasteiger partial charge >= 0.3 is 12.1 Å². The normalized spacial score (nSPS) is 10.5. The molecule has 0 unspecified atom stereocenters. The molecule has 1 amide bonds. The molecule has 0 aliphatic rings. The lowest BCUT2D eigenvalue weighted by atomic mass is 10.2. The molecule has 0 heterocycles. The Morgan fingerprint density at radius 1 is 1.12 bits per heavy atom. The molecule has 0 saturated carbocycles. The number of carbonyl (C=O) groups excluding carboxylic acids is 3. The maximum atomic E-state index is 11.0. The van der Waals surface area contributed by atoms with Crippen LogP contribution in [0.5, 0.6) is 0 Å². The maximum Gasteiger partial charge on any atom is 0.441 e. The zero-order valence-electron chi connectivity index (χ0n) is 9.96. The van der Waals surface area contributed by atoms with Crippen molar-refractivity contribution in [2.24, 2.45) is 0 Å². The van der Waals surface area contributed by atoms with Crippen LogP contribution in [0.25, 0.3) is 0 Å². The zero-order chi connectivity index (χ0) is 12.8. The van der Waals surface area contributed by atoms with Crippen molar-refractivity contribution in [1.82, 2.24) is 5.48 Å². The second-order valence-electron chi connectivity index (χ2n) is 4.28. The third kappa shape index (κ3) is 8.98. The van der Waals surface area contributed by atoms with Gasteiger partial charge in [0.2, 0.25) is 0 Å². The van der Waals surface area contributed by atoms with E-state index in [1.807, 2.05) is 5.48 Å². The van der Waals surface area contributed by atoms with E-state index in [9.17, 15) is 14.4 Å². The van der Waals surface area contributed by atoms with Gasteiger partial charge in [-0.05, 0) is 27.7 Å². The summed E-state index contributed by atoms with van der Waals surface area (Å²) in [6.07, 6.45) is -0.816. The summed E-state index contributed by atoms with van der Waals surface area (Å²) >= 11 is 0. The van der Waals surface area contributed by atoms with Crippen molar-refractivity contribution < 1.29 is 24.0 Å². The minimum Gasteiger partial charge on any atom is -0.442 e. The molecule has 0 bridgehead atoms. The average molecular weight is 231 g/mol. The second kappa shape index (κ2) is 6.09. The minimum atomic E-state index is -0.844. The van der Waals surface area contributed by atoms with Crippen molar-refractivity contribution in [3.05, 3.63) is 0 Å². The molecule has 0 atom stereocenters. The van der Waals surface area contributed by atoms with Gasteiger partial charge in [0.25, 0.3) is 0 Å². The number of carbonyl (C=O) groups is 3. The van der Waals surface area contributed by atoms with Gasteiger partial charge in [-0.25, -0.2) is 9.59 Å². The summed E-state index contributed by atoms with van der Waals surface area (Å²) in [6.45, 7) is 6.42. The van der Waals surface area contributed by atoms with Crippen LogP contribution in [-0.2, 0) is 19.2 Å². The first-order valence-corrected chi connectivity index (χ1v) is 4.89. The summed E-state index contributed by atoms with van der Waals surface area (Å²) in [6, 6.07) is 0. The van der Waals surface area contributed by atoms with Gasteiger partial charge < -0.3 is 14.4 Å². The lowest BCUT2D eigenvalue weighted by Crippen LogP contribution is -2.34. The third-order valence-corrected chi connectivity index (χ3v) is 1.33. The molecule has 0 fully saturated rings. The fraction of sp³-hybridized carbons (Fsp3) is 0.700. The number of nitrogens with one attached hydrogen (secondary N) is 1. The van der Waals surface area contributed by atoms with E-state index < -0.39 is 17.7 Å². The third-order valence-electron chi connectivity index (χ3n) is 1.33. The predicted molar refractivity (Wildman–Crippen MR) is 55.4 cm³/mol. The van der Waals surface area contributed by atoms with Gasteiger partial charge in [0.05, 0.1) is 6.42 Å². The van der Waals surface area contributed by atoms with E-state index in [0.717, 1.165) is 0 Å². The summed E-state index contributed by atoms with van der Waals surface area (Å²) in [4.78, 5) is 36.9. The van der Waals surface area contributed by atoms with Crippen LogP contribution < -0.4 is 5.48 Å². The summed E-state index contributed by atoms with van der Waals surface area (Å²) in [5, 5.41) is 0. The fourth-order valence-corrected chi connectivity index (χ4v) is 0.727. The molecular weight excluding hydrogens is 214 g/mol. The minimum absolute atomic E-state index is 0.0644. The SMILES string of the molecule is CC(=O)CCC(=O)ONC(=O)OC(C)(C)C. The first-order chi connectivity index (χ1) is 7.20. The zero-order valence-corrected chi connectivity index (χ0v) is 9.96. The van der Waals surface area contributed by atoms with E-state index in [1.54, 1.807) is 20.8 Å². The first kappa shape index (κ1) is 14.4. The Kier molecular flexibility index (Phi) is 5.49. The molecule has 6 nitrogen and oxygen atoms in total. The molecule has 0 saturated heterocycles. The first-order valence-electron chi connectivity index (χ1n) is 4.89. The topological polar surface area (TPSA) is 81.7 Å². The van der Waals surface area contributed by atoms with Crippen molar-refractivity contribution in [3.8, 4) is 0 Å². The van der Waals surface area contributed by atoms with E-state index in [1.165, 1.54) is 6.92 Å². The van der Waals surface area contributed by atoms with Gasteiger partial charge in [-0.2, -0.15) is 0 Å². The molecule has 0 aliphatic heterocycles. The fourth-order valence-electron chi connectivity index (χ4n) is 0.727. The summed E-state index contributed by atoms with van der Waals surface area (Å²) in [5.41, 5.74) is 1.18. The summed E-state index contributed by atoms with van der Waals surface area (Å²) in [5.74, 6) is -0.796. The van der Waals surface area contributed by atoms with Crippen molar-refractivity contribution in [3.63, 3.8) is 0 Å². The van der Waals surface area contributed by atoms with Crippen molar-refractivity contribution in [2.75, 3.05) is 0 Å².